The molecule has 1 aromatic rings. The summed E-state index contributed by atoms with van der Waals surface area (Å²) in [5, 5.41) is 13.6. The van der Waals surface area contributed by atoms with Crippen molar-refractivity contribution in [1.29, 1.82) is 0 Å². The number of methoxy groups -OCH3 is 1. The first-order valence-electron chi connectivity index (χ1n) is 8.92. The molecule has 3 rings (SSSR count). The Labute approximate surface area is 151 Å². The number of carbonyl (C=O) groups excluding carboxylic acids is 2. The van der Waals surface area contributed by atoms with Crippen molar-refractivity contribution in [1.82, 2.24) is 4.90 Å². The molecular weight excluding hydrogens is 338 g/mol. The molecule has 2 fully saturated rings. The molecule has 2 amide bonds. The zero-order valence-electron chi connectivity index (χ0n) is 14.8. The predicted molar refractivity (Wildman–Crippen MR) is 95.0 cm³/mol. The number of hydrogen-bond acceptors (Lipinski definition) is 5. The first-order valence-corrected chi connectivity index (χ1v) is 8.92. The van der Waals surface area contributed by atoms with Crippen LogP contribution in [0.5, 0.6) is 5.75 Å². The molecule has 0 radical (unpaired) electrons. The largest absolute Gasteiger partial charge is 0.494 e. The summed E-state index contributed by atoms with van der Waals surface area (Å²) in [6, 6.07) is 4.28. The second kappa shape index (κ2) is 7.72. The van der Waals surface area contributed by atoms with Crippen molar-refractivity contribution in [3.8, 4) is 5.75 Å². The lowest BCUT2D eigenvalue weighted by Gasteiger charge is -2.31. The molecule has 140 valence electrons. The highest BCUT2D eigenvalue weighted by Gasteiger charge is 2.38. The fourth-order valence-corrected chi connectivity index (χ4v) is 3.78. The second-order valence-corrected chi connectivity index (χ2v) is 6.87. The molecular formula is C18H23N3O5. The first-order chi connectivity index (χ1) is 12.5. The molecule has 1 aromatic carbocycles. The Balaban J connectivity index is 1.67. The van der Waals surface area contributed by atoms with E-state index >= 15 is 0 Å². The van der Waals surface area contributed by atoms with Gasteiger partial charge in [-0.05, 0) is 18.9 Å². The molecule has 1 atom stereocenters. The first kappa shape index (κ1) is 18.2. The van der Waals surface area contributed by atoms with E-state index in [1.54, 1.807) is 0 Å². The molecule has 1 aliphatic heterocycles. The number of ether oxygens (including phenoxy) is 1. The van der Waals surface area contributed by atoms with E-state index in [4.69, 9.17) is 4.74 Å². The lowest BCUT2D eigenvalue weighted by molar-refractivity contribution is -0.384. The van der Waals surface area contributed by atoms with Crippen LogP contribution < -0.4 is 10.1 Å². The fraction of sp³-hybridized carbons (Fsp3) is 0.556. The van der Waals surface area contributed by atoms with Crippen molar-refractivity contribution in [2.75, 3.05) is 19.0 Å². The van der Waals surface area contributed by atoms with Crippen molar-refractivity contribution < 1.29 is 19.2 Å². The van der Waals surface area contributed by atoms with Gasteiger partial charge in [0.1, 0.15) is 5.75 Å². The summed E-state index contributed by atoms with van der Waals surface area (Å²) in [4.78, 5) is 37.1. The standard InChI is InChI=1S/C18H23N3O5/c1-26-16-10-14(21(24)25)7-8-15(16)19-18(23)12-9-17(22)20(11-12)13-5-3-2-4-6-13/h7-8,10,12-13H,2-6,9,11H2,1H3,(H,19,23)/t12-/m0/s1. The molecule has 8 heteroatoms. The molecule has 0 aromatic heterocycles. The molecule has 1 heterocycles. The van der Waals surface area contributed by atoms with E-state index in [2.05, 4.69) is 5.32 Å². The van der Waals surface area contributed by atoms with Crippen LogP contribution in [0.4, 0.5) is 11.4 Å². The Morgan fingerprint density at radius 2 is 2.04 bits per heavy atom. The average molecular weight is 361 g/mol. The summed E-state index contributed by atoms with van der Waals surface area (Å²) in [5.74, 6) is -0.415. The average Bonchev–Trinajstić information content (AvgIpc) is 3.04. The Kier molecular flexibility index (Phi) is 5.39. The lowest BCUT2D eigenvalue weighted by Crippen LogP contribution is -2.38. The smallest absolute Gasteiger partial charge is 0.273 e. The van der Waals surface area contributed by atoms with Gasteiger partial charge in [0.2, 0.25) is 11.8 Å². The van der Waals surface area contributed by atoms with E-state index in [-0.39, 0.29) is 35.7 Å². The molecule has 1 saturated heterocycles. The van der Waals surface area contributed by atoms with Crippen LogP contribution >= 0.6 is 0 Å². The predicted octanol–water partition coefficient (Wildman–Crippen LogP) is 2.72. The third kappa shape index (κ3) is 3.79. The van der Waals surface area contributed by atoms with Gasteiger partial charge >= 0.3 is 0 Å². The van der Waals surface area contributed by atoms with Crippen molar-refractivity contribution in [3.05, 3.63) is 28.3 Å². The minimum Gasteiger partial charge on any atom is -0.494 e. The van der Waals surface area contributed by atoms with Gasteiger partial charge < -0.3 is 15.0 Å². The molecule has 26 heavy (non-hydrogen) atoms. The topological polar surface area (TPSA) is 102 Å². The molecule has 0 bridgehead atoms. The van der Waals surface area contributed by atoms with Gasteiger partial charge in [0.25, 0.3) is 5.69 Å². The number of nitro groups is 1. The van der Waals surface area contributed by atoms with E-state index in [0.717, 1.165) is 25.7 Å². The second-order valence-electron chi connectivity index (χ2n) is 6.87. The molecule has 1 saturated carbocycles. The van der Waals surface area contributed by atoms with Crippen LogP contribution in [0.25, 0.3) is 0 Å². The number of benzene rings is 1. The van der Waals surface area contributed by atoms with Gasteiger partial charge in [0.05, 0.1) is 29.7 Å². The number of anilines is 1. The normalized spacial score (nSPS) is 20.9. The molecule has 0 spiro atoms. The Morgan fingerprint density at radius 1 is 1.31 bits per heavy atom. The highest BCUT2D eigenvalue weighted by atomic mass is 16.6. The summed E-state index contributed by atoms with van der Waals surface area (Å²) in [7, 11) is 1.39. The Bertz CT molecular complexity index is 715. The number of hydrogen-bond donors (Lipinski definition) is 1. The third-order valence-corrected chi connectivity index (χ3v) is 5.20. The zero-order chi connectivity index (χ0) is 18.7. The number of nitrogens with one attached hydrogen (secondary N) is 1. The van der Waals surface area contributed by atoms with E-state index < -0.39 is 10.8 Å². The number of amides is 2. The van der Waals surface area contributed by atoms with Crippen LogP contribution in [0.2, 0.25) is 0 Å². The summed E-state index contributed by atoms with van der Waals surface area (Å²) in [6.45, 7) is 0.435. The highest BCUT2D eigenvalue weighted by molar-refractivity contribution is 5.98. The van der Waals surface area contributed by atoms with Gasteiger partial charge in [-0.3, -0.25) is 19.7 Å². The molecule has 8 nitrogen and oxygen atoms in total. The van der Waals surface area contributed by atoms with Gasteiger partial charge in [-0.2, -0.15) is 0 Å². The van der Waals surface area contributed by atoms with E-state index in [1.165, 1.54) is 31.7 Å². The van der Waals surface area contributed by atoms with Crippen LogP contribution in [0.15, 0.2) is 18.2 Å². The van der Waals surface area contributed by atoms with Crippen LogP contribution in [-0.4, -0.2) is 41.3 Å². The van der Waals surface area contributed by atoms with Gasteiger partial charge in [0.15, 0.2) is 0 Å². The maximum Gasteiger partial charge on any atom is 0.273 e. The maximum absolute atomic E-state index is 12.6. The summed E-state index contributed by atoms with van der Waals surface area (Å²) >= 11 is 0. The van der Waals surface area contributed by atoms with Gasteiger partial charge in [-0.1, -0.05) is 19.3 Å². The number of carbonyl (C=O) groups is 2. The molecule has 0 unspecified atom stereocenters. The quantitative estimate of drug-likeness (QED) is 0.642. The van der Waals surface area contributed by atoms with Gasteiger partial charge in [-0.25, -0.2) is 0 Å². The number of nitrogens with zero attached hydrogens (tertiary/aromatic N) is 2. The molecule has 2 aliphatic rings. The van der Waals surface area contributed by atoms with Crippen LogP contribution in [0, 0.1) is 16.0 Å². The highest BCUT2D eigenvalue weighted by Crippen LogP contribution is 2.32. The number of nitro benzene ring substituents is 1. The van der Waals surface area contributed by atoms with Gasteiger partial charge in [0, 0.05) is 25.1 Å². The summed E-state index contributed by atoms with van der Waals surface area (Å²) in [6.07, 6.45) is 5.70. The van der Waals surface area contributed by atoms with E-state index in [0.29, 0.717) is 12.2 Å². The minimum atomic E-state index is -0.522. The van der Waals surface area contributed by atoms with Crippen molar-refractivity contribution >= 4 is 23.2 Å². The maximum atomic E-state index is 12.6. The summed E-state index contributed by atoms with van der Waals surface area (Å²) in [5.41, 5.74) is 0.256. The monoisotopic (exact) mass is 361 g/mol. The van der Waals surface area contributed by atoms with Gasteiger partial charge in [-0.15, -0.1) is 0 Å². The van der Waals surface area contributed by atoms with Crippen molar-refractivity contribution in [2.45, 2.75) is 44.6 Å². The van der Waals surface area contributed by atoms with Crippen molar-refractivity contribution in [3.63, 3.8) is 0 Å². The SMILES string of the molecule is COc1cc([N+](=O)[O-])ccc1NC(=O)[C@H]1CC(=O)N(C2CCCCC2)C1. The fourth-order valence-electron chi connectivity index (χ4n) is 3.78. The lowest BCUT2D eigenvalue weighted by atomic mass is 9.94. The summed E-state index contributed by atoms with van der Waals surface area (Å²) < 4.78 is 5.14. The number of non-ortho nitro benzene ring substituents is 1. The number of likely N-dealkylation sites (tertiary alicyclic amines) is 1. The van der Waals surface area contributed by atoms with Crippen LogP contribution in [0.3, 0.4) is 0 Å². The Morgan fingerprint density at radius 3 is 2.69 bits per heavy atom. The Hall–Kier alpha value is -2.64. The van der Waals surface area contributed by atoms with E-state index in [9.17, 15) is 19.7 Å². The van der Waals surface area contributed by atoms with Crippen LogP contribution in [-0.2, 0) is 9.59 Å². The zero-order valence-corrected chi connectivity index (χ0v) is 14.8. The van der Waals surface area contributed by atoms with E-state index in [1.807, 2.05) is 4.90 Å². The van der Waals surface area contributed by atoms with Crippen molar-refractivity contribution in [2.24, 2.45) is 5.92 Å². The van der Waals surface area contributed by atoms with Crippen LogP contribution in [0.1, 0.15) is 38.5 Å². The molecule has 1 aliphatic carbocycles. The number of rotatable bonds is 5. The third-order valence-electron chi connectivity index (χ3n) is 5.20. The molecule has 1 N–H and O–H groups in total. The minimum absolute atomic E-state index is 0.0349.